The summed E-state index contributed by atoms with van der Waals surface area (Å²) in [5.41, 5.74) is 2.42. The van der Waals surface area contributed by atoms with Gasteiger partial charge in [-0.1, -0.05) is 30.3 Å². The molecular formula is C25H33FIN5O. The van der Waals surface area contributed by atoms with Crippen LogP contribution in [0.5, 0.6) is 0 Å². The van der Waals surface area contributed by atoms with Gasteiger partial charge in [0, 0.05) is 37.3 Å². The molecule has 1 aliphatic heterocycles. The number of nitrogens with one attached hydrogen (secondary N) is 3. The average Bonchev–Trinajstić information content (AvgIpc) is 3.37. The van der Waals surface area contributed by atoms with E-state index in [1.54, 1.807) is 6.07 Å². The second kappa shape index (κ2) is 11.7. The molecule has 178 valence electrons. The third kappa shape index (κ3) is 6.59. The zero-order chi connectivity index (χ0) is 22.4. The van der Waals surface area contributed by atoms with E-state index in [1.165, 1.54) is 6.07 Å². The Morgan fingerprint density at radius 1 is 1.09 bits per heavy atom. The molecule has 2 aromatic carbocycles. The maximum atomic E-state index is 14.3. The van der Waals surface area contributed by atoms with Crippen LogP contribution < -0.4 is 16.0 Å². The van der Waals surface area contributed by atoms with Crippen molar-refractivity contribution in [3.8, 4) is 0 Å². The maximum absolute atomic E-state index is 14.3. The number of anilines is 1. The van der Waals surface area contributed by atoms with Crippen LogP contribution in [0, 0.1) is 5.82 Å². The Bertz CT molecular complexity index is 973. The van der Waals surface area contributed by atoms with Crippen LogP contribution in [0.4, 0.5) is 14.9 Å². The molecule has 0 radical (unpaired) electrons. The second-order valence-corrected chi connectivity index (χ2v) is 8.63. The van der Waals surface area contributed by atoms with Crippen LogP contribution in [0.3, 0.4) is 0 Å². The molecule has 0 aromatic heterocycles. The Hall–Kier alpha value is -2.36. The van der Waals surface area contributed by atoms with Crippen molar-refractivity contribution in [3.05, 3.63) is 65.5 Å². The summed E-state index contributed by atoms with van der Waals surface area (Å²) in [7, 11) is 0. The summed E-state index contributed by atoms with van der Waals surface area (Å²) in [5, 5.41) is 9.66. The van der Waals surface area contributed by atoms with Crippen LogP contribution in [-0.4, -0.2) is 43.1 Å². The number of benzene rings is 2. The van der Waals surface area contributed by atoms with Gasteiger partial charge in [0.25, 0.3) is 0 Å². The molecule has 0 atom stereocenters. The number of guanidine groups is 1. The van der Waals surface area contributed by atoms with Crippen molar-refractivity contribution in [2.45, 2.75) is 44.6 Å². The van der Waals surface area contributed by atoms with Crippen molar-refractivity contribution in [1.29, 1.82) is 0 Å². The van der Waals surface area contributed by atoms with Crippen LogP contribution in [-0.2, 0) is 12.0 Å². The summed E-state index contributed by atoms with van der Waals surface area (Å²) in [6.07, 6.45) is 4.08. The molecule has 6 nitrogen and oxygen atoms in total. The van der Waals surface area contributed by atoms with Crippen molar-refractivity contribution in [2.24, 2.45) is 4.99 Å². The SMILES string of the molecule is CCNC(=NCc1cccc(NC(=O)N2CCCC2)c1)NCC1(c2ccccc2F)CC1.I. The predicted octanol–water partition coefficient (Wildman–Crippen LogP) is 4.86. The normalized spacial score (nSPS) is 16.7. The summed E-state index contributed by atoms with van der Waals surface area (Å²) in [4.78, 5) is 18.9. The van der Waals surface area contributed by atoms with Crippen LogP contribution in [0.25, 0.3) is 0 Å². The highest BCUT2D eigenvalue weighted by molar-refractivity contribution is 14.0. The highest BCUT2D eigenvalue weighted by atomic mass is 127. The molecular weight excluding hydrogens is 532 g/mol. The van der Waals surface area contributed by atoms with E-state index in [1.807, 2.05) is 48.2 Å². The highest BCUT2D eigenvalue weighted by Gasteiger charge is 2.45. The van der Waals surface area contributed by atoms with Crippen LogP contribution in [0.1, 0.15) is 43.7 Å². The van der Waals surface area contributed by atoms with Gasteiger partial charge in [-0.2, -0.15) is 0 Å². The molecule has 0 spiro atoms. The minimum Gasteiger partial charge on any atom is -0.357 e. The smallest absolute Gasteiger partial charge is 0.321 e. The number of hydrogen-bond acceptors (Lipinski definition) is 2. The first-order valence-corrected chi connectivity index (χ1v) is 11.5. The average molecular weight is 565 g/mol. The van der Waals surface area contributed by atoms with Crippen molar-refractivity contribution in [1.82, 2.24) is 15.5 Å². The van der Waals surface area contributed by atoms with Crippen LogP contribution >= 0.6 is 24.0 Å². The van der Waals surface area contributed by atoms with E-state index in [2.05, 4.69) is 16.0 Å². The fourth-order valence-electron chi connectivity index (χ4n) is 4.22. The van der Waals surface area contributed by atoms with Gasteiger partial charge in [0.2, 0.25) is 0 Å². The fraction of sp³-hybridized carbons (Fsp3) is 0.440. The third-order valence-electron chi connectivity index (χ3n) is 6.23. The summed E-state index contributed by atoms with van der Waals surface area (Å²) < 4.78 is 14.3. The quantitative estimate of drug-likeness (QED) is 0.255. The Morgan fingerprint density at radius 3 is 2.55 bits per heavy atom. The Kier molecular flexibility index (Phi) is 8.94. The largest absolute Gasteiger partial charge is 0.357 e. The summed E-state index contributed by atoms with van der Waals surface area (Å²) >= 11 is 0. The number of hydrogen-bond donors (Lipinski definition) is 3. The molecule has 2 fully saturated rings. The van der Waals surface area contributed by atoms with E-state index < -0.39 is 0 Å². The standard InChI is InChI=1S/C25H32FN5O.HI/c1-2-27-23(29-18-25(12-13-25)21-10-3-4-11-22(21)26)28-17-19-8-7-9-20(16-19)30-24(32)31-14-5-6-15-31;/h3-4,7-11,16H,2,5-6,12-15,17-18H2,1H3,(H,30,32)(H2,27,28,29);1H. The van der Waals surface area contributed by atoms with Crippen molar-refractivity contribution < 1.29 is 9.18 Å². The number of halogens is 2. The molecule has 8 heteroatoms. The van der Waals surface area contributed by atoms with Gasteiger partial charge in [0.15, 0.2) is 5.96 Å². The summed E-state index contributed by atoms with van der Waals surface area (Å²) in [6, 6.07) is 14.8. The van der Waals surface area contributed by atoms with Gasteiger partial charge in [-0.05, 0) is 61.9 Å². The van der Waals surface area contributed by atoms with Gasteiger partial charge in [0.05, 0.1) is 6.54 Å². The van der Waals surface area contributed by atoms with Crippen LogP contribution in [0.15, 0.2) is 53.5 Å². The minimum atomic E-state index is -0.151. The molecule has 1 heterocycles. The molecule has 33 heavy (non-hydrogen) atoms. The molecule has 3 N–H and O–H groups in total. The van der Waals surface area contributed by atoms with Crippen molar-refractivity contribution in [3.63, 3.8) is 0 Å². The lowest BCUT2D eigenvalue weighted by Crippen LogP contribution is -2.41. The van der Waals surface area contributed by atoms with Crippen molar-refractivity contribution >= 4 is 41.7 Å². The van der Waals surface area contributed by atoms with Gasteiger partial charge < -0.3 is 20.9 Å². The lowest BCUT2D eigenvalue weighted by Gasteiger charge is -2.19. The van der Waals surface area contributed by atoms with Gasteiger partial charge in [-0.3, -0.25) is 0 Å². The number of aliphatic imine (C=N–C) groups is 1. The van der Waals surface area contributed by atoms with E-state index in [9.17, 15) is 9.18 Å². The van der Waals surface area contributed by atoms with E-state index in [-0.39, 0.29) is 41.2 Å². The van der Waals surface area contributed by atoms with Gasteiger partial charge in [-0.25, -0.2) is 14.2 Å². The monoisotopic (exact) mass is 565 g/mol. The number of carbonyl (C=O) groups excluding carboxylic acids is 1. The first-order chi connectivity index (χ1) is 15.6. The van der Waals surface area contributed by atoms with Gasteiger partial charge in [-0.15, -0.1) is 24.0 Å². The molecule has 2 aliphatic rings. The molecule has 1 saturated heterocycles. The van der Waals surface area contributed by atoms with Crippen LogP contribution in [0.2, 0.25) is 0 Å². The lowest BCUT2D eigenvalue weighted by molar-refractivity contribution is 0.222. The zero-order valence-corrected chi connectivity index (χ0v) is 21.4. The zero-order valence-electron chi connectivity index (χ0n) is 19.1. The number of amides is 2. The lowest BCUT2D eigenvalue weighted by atomic mass is 9.95. The third-order valence-corrected chi connectivity index (χ3v) is 6.23. The molecule has 2 amide bonds. The van der Waals surface area contributed by atoms with Gasteiger partial charge in [0.1, 0.15) is 5.82 Å². The van der Waals surface area contributed by atoms with Gasteiger partial charge >= 0.3 is 6.03 Å². The topological polar surface area (TPSA) is 68.8 Å². The van der Waals surface area contributed by atoms with E-state index >= 15 is 0 Å². The second-order valence-electron chi connectivity index (χ2n) is 8.63. The van der Waals surface area contributed by atoms with Crippen molar-refractivity contribution in [2.75, 3.05) is 31.5 Å². The number of nitrogens with zero attached hydrogens (tertiary/aromatic N) is 2. The number of urea groups is 1. The van der Waals surface area contributed by atoms with E-state index in [0.717, 1.165) is 62.1 Å². The fourth-order valence-corrected chi connectivity index (χ4v) is 4.22. The number of rotatable bonds is 7. The highest BCUT2D eigenvalue weighted by Crippen LogP contribution is 2.48. The first kappa shape index (κ1) is 25.3. The maximum Gasteiger partial charge on any atom is 0.321 e. The predicted molar refractivity (Wildman–Crippen MR) is 142 cm³/mol. The Labute approximate surface area is 212 Å². The van der Waals surface area contributed by atoms with E-state index in [0.29, 0.717) is 19.0 Å². The number of carbonyl (C=O) groups is 1. The molecule has 1 saturated carbocycles. The molecule has 1 aliphatic carbocycles. The molecule has 0 unspecified atom stereocenters. The summed E-state index contributed by atoms with van der Waals surface area (Å²) in [6.45, 7) is 5.53. The number of likely N-dealkylation sites (tertiary alicyclic amines) is 1. The minimum absolute atomic E-state index is 0. The Balaban J connectivity index is 0.00000306. The van der Waals surface area contributed by atoms with E-state index in [4.69, 9.17) is 4.99 Å². The summed E-state index contributed by atoms with van der Waals surface area (Å²) in [5.74, 6) is 0.572. The first-order valence-electron chi connectivity index (χ1n) is 11.5. The molecule has 4 rings (SSSR count). The Morgan fingerprint density at radius 2 is 1.85 bits per heavy atom. The molecule has 0 bridgehead atoms. The molecule has 2 aromatic rings.